The second-order valence-corrected chi connectivity index (χ2v) is 6.10. The van der Waals surface area contributed by atoms with Gasteiger partial charge >= 0.3 is 0 Å². The number of aromatic nitrogens is 3. The topological polar surface area (TPSA) is 51.5 Å². The molecule has 2 aromatic heterocycles. The third-order valence-corrected chi connectivity index (χ3v) is 4.43. The molecule has 1 aliphatic rings. The molecule has 1 aliphatic heterocycles. The van der Waals surface area contributed by atoms with Gasteiger partial charge in [0.25, 0.3) is 0 Å². The van der Waals surface area contributed by atoms with Crippen LogP contribution in [0.2, 0.25) is 5.15 Å². The molecule has 0 amide bonds. The average molecular weight is 329 g/mol. The summed E-state index contributed by atoms with van der Waals surface area (Å²) in [6.45, 7) is 4.35. The van der Waals surface area contributed by atoms with Crippen LogP contribution < -0.4 is 5.32 Å². The number of rotatable bonds is 2. The summed E-state index contributed by atoms with van der Waals surface area (Å²) in [6.07, 6.45) is 3.70. The zero-order valence-electron chi connectivity index (χ0n) is 12.8. The molecule has 3 heterocycles. The molecule has 1 unspecified atom stereocenters. The van der Waals surface area contributed by atoms with E-state index in [0.717, 1.165) is 35.5 Å². The third-order valence-electron chi connectivity index (χ3n) is 4.17. The van der Waals surface area contributed by atoms with Crippen molar-refractivity contribution < 1.29 is 4.74 Å². The van der Waals surface area contributed by atoms with Crippen LogP contribution in [0.1, 0.15) is 17.2 Å². The number of hydrogen-bond acceptors (Lipinski definition) is 4. The lowest BCUT2D eigenvalue weighted by atomic mass is 10.0. The Kier molecular flexibility index (Phi) is 3.77. The Labute approximate surface area is 139 Å². The standard InChI is InChI=1S/C17H17ClN4O/c1-11-8-20-22-9-14(21-17(18)16(11)22)12-2-4-13(5-3-12)15-10-23-7-6-19-15/h2-5,8-9,15,19H,6-7,10H2,1H3. The van der Waals surface area contributed by atoms with Gasteiger partial charge in [0.1, 0.15) is 5.52 Å². The van der Waals surface area contributed by atoms with Gasteiger partial charge in [-0.25, -0.2) is 9.50 Å². The summed E-state index contributed by atoms with van der Waals surface area (Å²) < 4.78 is 7.30. The van der Waals surface area contributed by atoms with Gasteiger partial charge in [0.2, 0.25) is 0 Å². The van der Waals surface area contributed by atoms with Gasteiger partial charge in [-0.1, -0.05) is 35.9 Å². The van der Waals surface area contributed by atoms with Crippen molar-refractivity contribution >= 4 is 17.1 Å². The van der Waals surface area contributed by atoms with E-state index in [4.69, 9.17) is 16.3 Å². The van der Waals surface area contributed by atoms with Gasteiger partial charge in [-0.2, -0.15) is 5.10 Å². The molecule has 0 radical (unpaired) electrons. The fourth-order valence-electron chi connectivity index (χ4n) is 2.91. The van der Waals surface area contributed by atoms with Crippen LogP contribution in [-0.2, 0) is 4.74 Å². The lowest BCUT2D eigenvalue weighted by molar-refractivity contribution is 0.0769. The highest BCUT2D eigenvalue weighted by Gasteiger charge is 2.15. The Morgan fingerprint density at radius 2 is 2.13 bits per heavy atom. The second-order valence-electron chi connectivity index (χ2n) is 5.74. The summed E-state index contributed by atoms with van der Waals surface area (Å²) in [6, 6.07) is 8.59. The van der Waals surface area contributed by atoms with Crippen molar-refractivity contribution in [1.29, 1.82) is 0 Å². The number of ether oxygens (including phenoxy) is 1. The van der Waals surface area contributed by atoms with Crippen molar-refractivity contribution in [1.82, 2.24) is 19.9 Å². The quantitative estimate of drug-likeness (QED) is 0.785. The summed E-state index contributed by atoms with van der Waals surface area (Å²) in [4.78, 5) is 4.51. The number of halogens is 1. The molecule has 0 bridgehead atoms. The highest BCUT2D eigenvalue weighted by atomic mass is 35.5. The van der Waals surface area contributed by atoms with Gasteiger partial charge in [0.15, 0.2) is 5.15 Å². The van der Waals surface area contributed by atoms with Crippen molar-refractivity contribution in [2.45, 2.75) is 13.0 Å². The molecule has 1 N–H and O–H groups in total. The fourth-order valence-corrected chi connectivity index (χ4v) is 3.24. The maximum atomic E-state index is 6.31. The Morgan fingerprint density at radius 1 is 1.30 bits per heavy atom. The Balaban J connectivity index is 1.67. The van der Waals surface area contributed by atoms with Gasteiger partial charge < -0.3 is 10.1 Å². The third kappa shape index (κ3) is 2.72. The van der Waals surface area contributed by atoms with Gasteiger partial charge in [0, 0.05) is 12.1 Å². The fraction of sp³-hybridized carbons (Fsp3) is 0.294. The van der Waals surface area contributed by atoms with Crippen LogP contribution in [0.25, 0.3) is 16.8 Å². The summed E-state index contributed by atoms with van der Waals surface area (Å²) in [5, 5.41) is 8.25. The molecule has 1 atom stereocenters. The summed E-state index contributed by atoms with van der Waals surface area (Å²) in [7, 11) is 0. The van der Waals surface area contributed by atoms with E-state index in [2.05, 4.69) is 39.7 Å². The molecule has 0 saturated carbocycles. The Hall–Kier alpha value is -1.95. The molecule has 1 saturated heterocycles. The van der Waals surface area contributed by atoms with Crippen LogP contribution in [0.3, 0.4) is 0 Å². The van der Waals surface area contributed by atoms with Gasteiger partial charge in [-0.3, -0.25) is 0 Å². The molecule has 0 spiro atoms. The minimum absolute atomic E-state index is 0.255. The van der Waals surface area contributed by atoms with Crippen molar-refractivity contribution in [3.05, 3.63) is 52.9 Å². The molecule has 0 aliphatic carbocycles. The lowest BCUT2D eigenvalue weighted by Gasteiger charge is -2.24. The van der Waals surface area contributed by atoms with E-state index in [1.54, 1.807) is 10.7 Å². The predicted octanol–water partition coefficient (Wildman–Crippen LogP) is 3.02. The van der Waals surface area contributed by atoms with Crippen molar-refractivity contribution in [2.24, 2.45) is 0 Å². The number of benzene rings is 1. The molecule has 6 heteroatoms. The first-order valence-electron chi connectivity index (χ1n) is 7.64. The number of aryl methyl sites for hydroxylation is 1. The first-order chi connectivity index (χ1) is 11.2. The smallest absolute Gasteiger partial charge is 0.155 e. The number of morpholine rings is 1. The minimum atomic E-state index is 0.255. The van der Waals surface area contributed by atoms with Gasteiger partial charge in [-0.05, 0) is 18.1 Å². The highest BCUT2D eigenvalue weighted by molar-refractivity contribution is 6.32. The summed E-state index contributed by atoms with van der Waals surface area (Å²) in [5.74, 6) is 0. The molecule has 4 rings (SSSR count). The maximum Gasteiger partial charge on any atom is 0.155 e. The molecule has 1 aromatic carbocycles. The molecule has 5 nitrogen and oxygen atoms in total. The molecule has 23 heavy (non-hydrogen) atoms. The maximum absolute atomic E-state index is 6.31. The van der Waals surface area contributed by atoms with Crippen LogP contribution in [0, 0.1) is 6.92 Å². The largest absolute Gasteiger partial charge is 0.378 e. The van der Waals surface area contributed by atoms with Crippen LogP contribution >= 0.6 is 11.6 Å². The van der Waals surface area contributed by atoms with Crippen LogP contribution in [0.5, 0.6) is 0 Å². The average Bonchev–Trinajstić information content (AvgIpc) is 2.97. The number of nitrogens with one attached hydrogen (secondary N) is 1. The molecule has 118 valence electrons. The van der Waals surface area contributed by atoms with E-state index < -0.39 is 0 Å². The van der Waals surface area contributed by atoms with E-state index in [-0.39, 0.29) is 6.04 Å². The predicted molar refractivity (Wildman–Crippen MR) is 89.7 cm³/mol. The number of nitrogens with zero attached hydrogens (tertiary/aromatic N) is 3. The SMILES string of the molecule is Cc1cnn2cc(-c3ccc(C4COCCN4)cc3)nc(Cl)c12. The van der Waals surface area contributed by atoms with Crippen molar-refractivity contribution in [3.63, 3.8) is 0 Å². The second kappa shape index (κ2) is 5.92. The molecular formula is C17H17ClN4O. The number of hydrogen-bond donors (Lipinski definition) is 1. The highest BCUT2D eigenvalue weighted by Crippen LogP contribution is 2.26. The minimum Gasteiger partial charge on any atom is -0.378 e. The van der Waals surface area contributed by atoms with E-state index in [1.165, 1.54) is 5.56 Å². The van der Waals surface area contributed by atoms with E-state index in [1.807, 2.05) is 13.1 Å². The zero-order chi connectivity index (χ0) is 15.8. The van der Waals surface area contributed by atoms with Gasteiger partial charge in [0.05, 0.1) is 37.3 Å². The summed E-state index contributed by atoms with van der Waals surface area (Å²) >= 11 is 6.31. The molecule has 3 aromatic rings. The van der Waals surface area contributed by atoms with Gasteiger partial charge in [-0.15, -0.1) is 0 Å². The van der Waals surface area contributed by atoms with E-state index in [9.17, 15) is 0 Å². The number of fused-ring (bicyclic) bond motifs is 1. The van der Waals surface area contributed by atoms with Crippen molar-refractivity contribution in [3.8, 4) is 11.3 Å². The van der Waals surface area contributed by atoms with Crippen LogP contribution in [0.15, 0.2) is 36.7 Å². The first kappa shape index (κ1) is 14.6. The normalized spacial score (nSPS) is 18.4. The summed E-state index contributed by atoms with van der Waals surface area (Å²) in [5.41, 5.74) is 4.92. The molecular weight excluding hydrogens is 312 g/mol. The van der Waals surface area contributed by atoms with Crippen LogP contribution in [-0.4, -0.2) is 34.4 Å². The lowest BCUT2D eigenvalue weighted by Crippen LogP contribution is -2.34. The first-order valence-corrected chi connectivity index (χ1v) is 8.02. The monoisotopic (exact) mass is 328 g/mol. The van der Waals surface area contributed by atoms with E-state index >= 15 is 0 Å². The van der Waals surface area contributed by atoms with Crippen molar-refractivity contribution in [2.75, 3.05) is 19.8 Å². The van der Waals surface area contributed by atoms with E-state index in [0.29, 0.717) is 11.8 Å². The Morgan fingerprint density at radius 3 is 2.87 bits per heavy atom. The zero-order valence-corrected chi connectivity index (χ0v) is 13.5. The van der Waals surface area contributed by atoms with Crippen LogP contribution in [0.4, 0.5) is 0 Å². The Bertz CT molecular complexity index is 838. The molecule has 1 fully saturated rings.